The Morgan fingerprint density at radius 2 is 1.71 bits per heavy atom. The molecule has 1 aliphatic heterocycles. The Bertz CT molecular complexity index is 1210. The normalized spacial score (nSPS) is 18.1. The summed E-state index contributed by atoms with van der Waals surface area (Å²) in [5.74, 6) is -0.334. The first-order valence-corrected chi connectivity index (χ1v) is 13.6. The van der Waals surface area contributed by atoms with Crippen LogP contribution in [-0.2, 0) is 26.0 Å². The molecule has 0 radical (unpaired) electrons. The van der Waals surface area contributed by atoms with Gasteiger partial charge in [-0.05, 0) is 49.1 Å². The largest absolute Gasteiger partial charge is 0.511 e. The smallest absolute Gasteiger partial charge is 0.342 e. The summed E-state index contributed by atoms with van der Waals surface area (Å²) in [7, 11) is -4.25. The quantitative estimate of drug-likeness (QED) is 0.458. The van der Waals surface area contributed by atoms with E-state index in [1.54, 1.807) is 6.07 Å². The number of primary sulfonamides is 1. The van der Waals surface area contributed by atoms with Crippen LogP contribution in [0.5, 0.6) is 0 Å². The molecule has 34 heavy (non-hydrogen) atoms. The minimum Gasteiger partial charge on any atom is -0.511 e. The van der Waals surface area contributed by atoms with Gasteiger partial charge in [0.1, 0.15) is 16.9 Å². The van der Waals surface area contributed by atoms with Crippen molar-refractivity contribution in [2.45, 2.75) is 75.7 Å². The number of esters is 1. The molecule has 0 bridgehead atoms. The van der Waals surface area contributed by atoms with Crippen LogP contribution < -0.4 is 5.14 Å². The summed E-state index contributed by atoms with van der Waals surface area (Å²) in [5, 5.41) is 16.9. The molecule has 0 aromatic heterocycles. The average molecular weight is 484 g/mol. The molecular weight excluding hydrogens is 450 g/mol. The number of carbonyl (C=O) groups excluding carboxylic acids is 1. The zero-order valence-electron chi connectivity index (χ0n) is 19.8. The predicted molar refractivity (Wildman–Crippen MR) is 132 cm³/mol. The molecule has 2 aromatic carbocycles. The number of rotatable bonds is 9. The molecule has 0 atom stereocenters. The van der Waals surface area contributed by atoms with E-state index in [4.69, 9.17) is 9.88 Å². The SMILES string of the molecule is CCCC1(CCC)CC(O)=C(c2ccc(CC3CC3)c(-c3ccccc3)c2S(N)(=O)=O)C(=O)O1. The fraction of sp³-hybridized carbons (Fsp3) is 0.444. The number of hydrogen-bond donors (Lipinski definition) is 2. The maximum Gasteiger partial charge on any atom is 0.342 e. The van der Waals surface area contributed by atoms with Gasteiger partial charge in [-0.15, -0.1) is 0 Å². The van der Waals surface area contributed by atoms with Crippen molar-refractivity contribution in [1.29, 1.82) is 0 Å². The summed E-state index contributed by atoms with van der Waals surface area (Å²) in [4.78, 5) is 13.2. The molecule has 2 aliphatic rings. The van der Waals surface area contributed by atoms with Crippen molar-refractivity contribution in [3.05, 3.63) is 59.4 Å². The Kier molecular flexibility index (Phi) is 6.87. The topological polar surface area (TPSA) is 107 Å². The molecular formula is C27H33NO5S. The highest BCUT2D eigenvalue weighted by Crippen LogP contribution is 2.44. The highest BCUT2D eigenvalue weighted by molar-refractivity contribution is 7.89. The number of hydrogen-bond acceptors (Lipinski definition) is 5. The van der Waals surface area contributed by atoms with Crippen molar-refractivity contribution in [3.63, 3.8) is 0 Å². The minimum absolute atomic E-state index is 0.102. The average Bonchev–Trinajstić information content (AvgIpc) is 3.58. The lowest BCUT2D eigenvalue weighted by molar-refractivity contribution is -0.157. The van der Waals surface area contributed by atoms with Gasteiger partial charge in [0.2, 0.25) is 10.0 Å². The first-order chi connectivity index (χ1) is 16.2. The van der Waals surface area contributed by atoms with E-state index >= 15 is 0 Å². The Morgan fingerprint density at radius 1 is 1.06 bits per heavy atom. The molecule has 2 aromatic rings. The van der Waals surface area contributed by atoms with E-state index in [9.17, 15) is 18.3 Å². The van der Waals surface area contributed by atoms with Crippen molar-refractivity contribution in [2.75, 3.05) is 0 Å². The maximum atomic E-state index is 13.3. The summed E-state index contributed by atoms with van der Waals surface area (Å²) in [5.41, 5.74) is 1.30. The second-order valence-corrected chi connectivity index (χ2v) is 11.1. The predicted octanol–water partition coefficient (Wildman–Crippen LogP) is 5.51. The van der Waals surface area contributed by atoms with Crippen LogP contribution in [0.25, 0.3) is 16.7 Å². The molecule has 1 aliphatic carbocycles. The van der Waals surface area contributed by atoms with Gasteiger partial charge in [0, 0.05) is 17.5 Å². The van der Waals surface area contributed by atoms with E-state index in [0.29, 0.717) is 29.9 Å². The molecule has 0 saturated heterocycles. The summed E-state index contributed by atoms with van der Waals surface area (Å²) < 4.78 is 31.9. The van der Waals surface area contributed by atoms with Crippen LogP contribution in [0.1, 0.15) is 69.9 Å². The van der Waals surface area contributed by atoms with Crippen LogP contribution in [0.2, 0.25) is 0 Å². The zero-order chi connectivity index (χ0) is 24.5. The van der Waals surface area contributed by atoms with E-state index in [1.165, 1.54) is 0 Å². The van der Waals surface area contributed by atoms with Crippen LogP contribution in [0.4, 0.5) is 0 Å². The highest BCUT2D eigenvalue weighted by atomic mass is 32.2. The molecule has 1 heterocycles. The second kappa shape index (κ2) is 9.55. The van der Waals surface area contributed by atoms with Crippen molar-refractivity contribution in [2.24, 2.45) is 11.1 Å². The van der Waals surface area contributed by atoms with Gasteiger partial charge in [0.25, 0.3) is 0 Å². The lowest BCUT2D eigenvalue weighted by atomic mass is 9.83. The van der Waals surface area contributed by atoms with Gasteiger partial charge in [-0.25, -0.2) is 18.4 Å². The van der Waals surface area contributed by atoms with Crippen LogP contribution >= 0.6 is 0 Å². The minimum atomic E-state index is -4.25. The van der Waals surface area contributed by atoms with Crippen molar-refractivity contribution in [1.82, 2.24) is 0 Å². The second-order valence-electron chi connectivity index (χ2n) is 9.61. The number of aliphatic hydroxyl groups excluding tert-OH is 1. The number of carbonyl (C=O) groups is 1. The molecule has 1 saturated carbocycles. The lowest BCUT2D eigenvalue weighted by Crippen LogP contribution is -2.40. The van der Waals surface area contributed by atoms with Gasteiger partial charge in [-0.3, -0.25) is 0 Å². The van der Waals surface area contributed by atoms with Gasteiger partial charge in [0.05, 0.1) is 4.90 Å². The molecule has 6 nitrogen and oxygen atoms in total. The standard InChI is InChI=1S/C27H33NO5S/c1-3-14-27(15-4-2)17-22(29)24(26(30)33-27)21-13-12-20(16-18-10-11-18)23(25(21)34(28,31)32)19-8-6-5-7-9-19/h5-9,12-13,18,29H,3-4,10-11,14-17H2,1-2H3,(H2,28,31,32). The fourth-order valence-corrected chi connectivity index (χ4v) is 6.23. The van der Waals surface area contributed by atoms with Gasteiger partial charge >= 0.3 is 5.97 Å². The van der Waals surface area contributed by atoms with Crippen molar-refractivity contribution in [3.8, 4) is 11.1 Å². The fourth-order valence-electron chi connectivity index (χ4n) is 5.22. The Hall–Kier alpha value is -2.64. The number of aliphatic hydroxyl groups is 1. The van der Waals surface area contributed by atoms with E-state index in [-0.39, 0.29) is 28.2 Å². The van der Waals surface area contributed by atoms with Crippen molar-refractivity contribution >= 4 is 21.6 Å². The molecule has 0 spiro atoms. The number of cyclic esters (lactones) is 1. The Balaban J connectivity index is 1.94. The number of ether oxygens (including phenoxy) is 1. The third-order valence-corrected chi connectivity index (χ3v) is 7.76. The number of benzene rings is 2. The summed E-state index contributed by atoms with van der Waals surface area (Å²) in [6.07, 6.45) is 5.95. The van der Waals surface area contributed by atoms with Crippen LogP contribution in [0, 0.1) is 5.92 Å². The maximum absolute atomic E-state index is 13.3. The van der Waals surface area contributed by atoms with Crippen LogP contribution in [0.15, 0.2) is 53.1 Å². The third kappa shape index (κ3) is 4.91. The Labute approximate surface area is 201 Å². The summed E-state index contributed by atoms with van der Waals surface area (Å²) in [6.45, 7) is 4.01. The third-order valence-electron chi connectivity index (χ3n) is 6.77. The van der Waals surface area contributed by atoms with E-state index in [0.717, 1.165) is 37.7 Å². The number of nitrogens with two attached hydrogens (primary N) is 1. The van der Waals surface area contributed by atoms with Gasteiger partial charge in [0.15, 0.2) is 0 Å². The molecule has 1 fully saturated rings. The first kappa shape index (κ1) is 24.5. The van der Waals surface area contributed by atoms with E-state index < -0.39 is 21.6 Å². The monoisotopic (exact) mass is 483 g/mol. The molecule has 0 amide bonds. The first-order valence-electron chi connectivity index (χ1n) is 12.1. The highest BCUT2D eigenvalue weighted by Gasteiger charge is 2.42. The van der Waals surface area contributed by atoms with Gasteiger partial charge in [-0.1, -0.05) is 69.2 Å². The van der Waals surface area contributed by atoms with Gasteiger partial charge < -0.3 is 9.84 Å². The molecule has 0 unspecified atom stereocenters. The van der Waals surface area contributed by atoms with E-state index in [2.05, 4.69) is 0 Å². The zero-order valence-corrected chi connectivity index (χ0v) is 20.7. The molecule has 182 valence electrons. The molecule has 3 N–H and O–H groups in total. The number of sulfonamides is 1. The van der Waals surface area contributed by atoms with Gasteiger partial charge in [-0.2, -0.15) is 0 Å². The molecule has 4 rings (SSSR count). The van der Waals surface area contributed by atoms with Crippen LogP contribution in [-0.4, -0.2) is 25.1 Å². The Morgan fingerprint density at radius 3 is 2.24 bits per heavy atom. The summed E-state index contributed by atoms with van der Waals surface area (Å²) in [6, 6.07) is 12.7. The van der Waals surface area contributed by atoms with Crippen LogP contribution in [0.3, 0.4) is 0 Å². The summed E-state index contributed by atoms with van der Waals surface area (Å²) >= 11 is 0. The molecule has 7 heteroatoms. The van der Waals surface area contributed by atoms with Crippen molar-refractivity contribution < 1.29 is 23.1 Å². The van der Waals surface area contributed by atoms with E-state index in [1.807, 2.05) is 50.2 Å². The lowest BCUT2D eigenvalue weighted by Gasteiger charge is -2.37.